The minimum absolute atomic E-state index is 0.150. The number of nitrogens with one attached hydrogen (secondary N) is 1. The van der Waals surface area contributed by atoms with Gasteiger partial charge in [0, 0.05) is 17.4 Å². The highest BCUT2D eigenvalue weighted by Gasteiger charge is 2.33. The molecule has 1 saturated carbocycles. The van der Waals surface area contributed by atoms with Crippen LogP contribution in [0, 0.1) is 11.8 Å². The first-order valence-electron chi connectivity index (χ1n) is 8.18. The molecule has 0 bridgehead atoms. The van der Waals surface area contributed by atoms with Crippen LogP contribution in [0.3, 0.4) is 0 Å². The highest BCUT2D eigenvalue weighted by atomic mass is 16.3. The monoisotopic (exact) mass is 320 g/mol. The average molecular weight is 320 g/mol. The lowest BCUT2D eigenvalue weighted by atomic mass is 9.97. The van der Waals surface area contributed by atoms with E-state index in [1.165, 1.54) is 0 Å². The number of hydrogen-bond donors (Lipinski definition) is 2. The Balaban J connectivity index is 1.65. The number of carbonyl (C=O) groups excluding carboxylic acids is 1. The number of nitrogens with zero attached hydrogens (tertiary/aromatic N) is 1. The quantitative estimate of drug-likeness (QED) is 0.854. The summed E-state index contributed by atoms with van der Waals surface area (Å²) in [6.45, 7) is 0. The van der Waals surface area contributed by atoms with Crippen LogP contribution in [-0.4, -0.2) is 21.6 Å². The van der Waals surface area contributed by atoms with Gasteiger partial charge < -0.3 is 10.4 Å². The highest BCUT2D eigenvalue weighted by Crippen LogP contribution is 2.32. The number of anilines is 1. The maximum absolute atomic E-state index is 12.1. The molecular formula is C20H20N2O2. The minimum atomic E-state index is -0.833. The van der Waals surface area contributed by atoms with E-state index < -0.39 is 5.60 Å². The van der Waals surface area contributed by atoms with E-state index in [-0.39, 0.29) is 12.3 Å². The van der Waals surface area contributed by atoms with Crippen molar-refractivity contribution >= 4 is 11.6 Å². The first kappa shape index (κ1) is 16.2. The predicted octanol–water partition coefficient (Wildman–Crippen LogP) is 3.12. The molecular weight excluding hydrogens is 300 g/mol. The van der Waals surface area contributed by atoms with E-state index in [2.05, 4.69) is 22.1 Å². The molecule has 4 heteroatoms. The van der Waals surface area contributed by atoms with Gasteiger partial charge in [-0.3, -0.25) is 4.79 Å². The number of benzene rings is 1. The van der Waals surface area contributed by atoms with Crippen molar-refractivity contribution < 1.29 is 9.90 Å². The Morgan fingerprint density at radius 3 is 2.75 bits per heavy atom. The van der Waals surface area contributed by atoms with Gasteiger partial charge in [-0.1, -0.05) is 30.9 Å². The normalized spacial score (nSPS) is 15.4. The standard InChI is InChI=1S/C20H20N2O2/c23-19(15-20(24)11-2-3-12-20)22-18-8-5-6-16(14-18)9-10-17-7-1-4-13-21-17/h1,4-8,13-14,24H,2-3,11-12,15H2,(H,22,23). The number of pyridine rings is 1. The fourth-order valence-electron chi connectivity index (χ4n) is 2.96. The largest absolute Gasteiger partial charge is 0.389 e. The fraction of sp³-hybridized carbons (Fsp3) is 0.300. The summed E-state index contributed by atoms with van der Waals surface area (Å²) in [6, 6.07) is 13.0. The van der Waals surface area contributed by atoms with Crippen molar-refractivity contribution in [1.29, 1.82) is 0 Å². The topological polar surface area (TPSA) is 62.2 Å². The third kappa shape index (κ3) is 4.43. The van der Waals surface area contributed by atoms with E-state index in [0.717, 1.165) is 18.4 Å². The van der Waals surface area contributed by atoms with E-state index in [1.807, 2.05) is 42.5 Å². The van der Waals surface area contributed by atoms with Crippen LogP contribution in [0.2, 0.25) is 0 Å². The van der Waals surface area contributed by atoms with Gasteiger partial charge in [-0.05, 0) is 49.1 Å². The SMILES string of the molecule is O=C(CC1(O)CCCC1)Nc1cccc(C#Cc2ccccn2)c1. The third-order valence-corrected chi connectivity index (χ3v) is 4.17. The molecule has 4 nitrogen and oxygen atoms in total. The molecule has 1 aromatic heterocycles. The van der Waals surface area contributed by atoms with Gasteiger partial charge in [0.05, 0.1) is 12.0 Å². The second-order valence-corrected chi connectivity index (χ2v) is 6.20. The zero-order valence-corrected chi connectivity index (χ0v) is 13.5. The molecule has 1 aliphatic rings. The molecule has 122 valence electrons. The van der Waals surface area contributed by atoms with Crippen LogP contribution in [0.15, 0.2) is 48.7 Å². The Kier molecular flexibility index (Phi) is 4.93. The number of hydrogen-bond acceptors (Lipinski definition) is 3. The summed E-state index contributed by atoms with van der Waals surface area (Å²) < 4.78 is 0. The van der Waals surface area contributed by atoms with Gasteiger partial charge in [-0.15, -0.1) is 0 Å². The Hall–Kier alpha value is -2.64. The van der Waals surface area contributed by atoms with Crippen LogP contribution < -0.4 is 5.32 Å². The summed E-state index contributed by atoms with van der Waals surface area (Å²) >= 11 is 0. The average Bonchev–Trinajstić information content (AvgIpc) is 3.00. The summed E-state index contributed by atoms with van der Waals surface area (Å²) in [7, 11) is 0. The fourth-order valence-corrected chi connectivity index (χ4v) is 2.96. The van der Waals surface area contributed by atoms with E-state index in [9.17, 15) is 9.90 Å². The molecule has 2 aromatic rings. The first-order chi connectivity index (χ1) is 11.6. The van der Waals surface area contributed by atoms with Gasteiger partial charge in [-0.2, -0.15) is 0 Å². The molecule has 0 atom stereocenters. The van der Waals surface area contributed by atoms with E-state index in [4.69, 9.17) is 0 Å². The second kappa shape index (κ2) is 7.29. The molecule has 1 amide bonds. The number of carbonyl (C=O) groups is 1. The number of aromatic nitrogens is 1. The van der Waals surface area contributed by atoms with E-state index >= 15 is 0 Å². The van der Waals surface area contributed by atoms with Crippen molar-refractivity contribution in [3.05, 3.63) is 59.9 Å². The zero-order chi connectivity index (χ0) is 16.8. The van der Waals surface area contributed by atoms with Crippen LogP contribution in [0.25, 0.3) is 0 Å². The molecule has 0 radical (unpaired) electrons. The third-order valence-electron chi connectivity index (χ3n) is 4.17. The summed E-state index contributed by atoms with van der Waals surface area (Å²) in [6.07, 6.45) is 5.24. The van der Waals surface area contributed by atoms with Gasteiger partial charge in [0.15, 0.2) is 0 Å². The molecule has 0 unspecified atom stereocenters. The van der Waals surface area contributed by atoms with Gasteiger partial charge in [0.2, 0.25) is 5.91 Å². The van der Waals surface area contributed by atoms with E-state index in [0.29, 0.717) is 24.2 Å². The Morgan fingerprint density at radius 1 is 1.17 bits per heavy atom. The van der Waals surface area contributed by atoms with Gasteiger partial charge in [0.25, 0.3) is 0 Å². The minimum Gasteiger partial charge on any atom is -0.389 e. The molecule has 2 N–H and O–H groups in total. The van der Waals surface area contributed by atoms with Crippen LogP contribution in [0.5, 0.6) is 0 Å². The van der Waals surface area contributed by atoms with Gasteiger partial charge >= 0.3 is 0 Å². The number of amides is 1. The lowest BCUT2D eigenvalue weighted by Crippen LogP contribution is -2.30. The van der Waals surface area contributed by atoms with Crippen molar-refractivity contribution in [3.63, 3.8) is 0 Å². The molecule has 0 spiro atoms. The molecule has 24 heavy (non-hydrogen) atoms. The van der Waals surface area contributed by atoms with E-state index in [1.54, 1.807) is 6.20 Å². The van der Waals surface area contributed by atoms with Crippen LogP contribution >= 0.6 is 0 Å². The molecule has 1 fully saturated rings. The lowest BCUT2D eigenvalue weighted by molar-refractivity contribution is -0.120. The van der Waals surface area contributed by atoms with Gasteiger partial charge in [-0.25, -0.2) is 4.98 Å². The molecule has 1 heterocycles. The van der Waals surface area contributed by atoms with Crippen LogP contribution in [0.1, 0.15) is 43.4 Å². The Bertz CT molecular complexity index is 769. The number of rotatable bonds is 3. The lowest BCUT2D eigenvalue weighted by Gasteiger charge is -2.21. The van der Waals surface area contributed by atoms with Gasteiger partial charge in [0.1, 0.15) is 5.69 Å². The highest BCUT2D eigenvalue weighted by molar-refractivity contribution is 5.91. The number of aliphatic hydroxyl groups is 1. The van der Waals surface area contributed by atoms with Crippen molar-refractivity contribution in [2.75, 3.05) is 5.32 Å². The maximum atomic E-state index is 12.1. The summed E-state index contributed by atoms with van der Waals surface area (Å²) in [5.74, 6) is 5.88. The first-order valence-corrected chi connectivity index (χ1v) is 8.18. The molecule has 0 aliphatic heterocycles. The van der Waals surface area contributed by atoms with Crippen molar-refractivity contribution in [1.82, 2.24) is 4.98 Å². The summed E-state index contributed by atoms with van der Waals surface area (Å²) in [5.41, 5.74) is 1.36. The van der Waals surface area contributed by atoms with Crippen LogP contribution in [-0.2, 0) is 4.79 Å². The smallest absolute Gasteiger partial charge is 0.227 e. The Morgan fingerprint density at radius 2 is 2.00 bits per heavy atom. The Labute approximate surface area is 141 Å². The summed E-state index contributed by atoms with van der Waals surface area (Å²) in [4.78, 5) is 16.3. The zero-order valence-electron chi connectivity index (χ0n) is 13.5. The summed E-state index contributed by atoms with van der Waals surface area (Å²) in [5, 5.41) is 13.2. The molecule has 3 rings (SSSR count). The van der Waals surface area contributed by atoms with Crippen molar-refractivity contribution in [2.45, 2.75) is 37.7 Å². The molecule has 0 saturated heterocycles. The second-order valence-electron chi connectivity index (χ2n) is 6.20. The van der Waals surface area contributed by atoms with Crippen LogP contribution in [0.4, 0.5) is 5.69 Å². The molecule has 1 aliphatic carbocycles. The molecule has 1 aromatic carbocycles. The maximum Gasteiger partial charge on any atom is 0.227 e. The van der Waals surface area contributed by atoms with Crippen molar-refractivity contribution in [3.8, 4) is 11.8 Å². The predicted molar refractivity (Wildman–Crippen MR) is 93.3 cm³/mol. The van der Waals surface area contributed by atoms with Crippen molar-refractivity contribution in [2.24, 2.45) is 0 Å².